The third-order valence-corrected chi connectivity index (χ3v) is 3.22. The quantitative estimate of drug-likeness (QED) is 0.693. The summed E-state index contributed by atoms with van der Waals surface area (Å²) in [7, 11) is 3.30. The van der Waals surface area contributed by atoms with E-state index in [1.807, 2.05) is 35.9 Å². The van der Waals surface area contributed by atoms with Gasteiger partial charge in [0.25, 0.3) is 0 Å². The Hall–Kier alpha value is -2.23. The predicted molar refractivity (Wildman–Crippen MR) is 70.5 cm³/mol. The summed E-state index contributed by atoms with van der Waals surface area (Å²) in [5.74, 6) is 2.44. The Morgan fingerprint density at radius 2 is 1.94 bits per heavy atom. The summed E-state index contributed by atoms with van der Waals surface area (Å²) in [4.78, 5) is 4.34. The van der Waals surface area contributed by atoms with E-state index in [0.29, 0.717) is 0 Å². The van der Waals surface area contributed by atoms with Gasteiger partial charge in [-0.1, -0.05) is 6.07 Å². The molecular formula is C14H14N2O2. The van der Waals surface area contributed by atoms with Crippen molar-refractivity contribution < 1.29 is 9.47 Å². The molecule has 92 valence electrons. The molecule has 0 spiro atoms. The molecule has 4 heteroatoms. The highest BCUT2D eigenvalue weighted by Gasteiger charge is 2.13. The Labute approximate surface area is 105 Å². The molecule has 18 heavy (non-hydrogen) atoms. The second-order valence-electron chi connectivity index (χ2n) is 4.14. The first-order chi connectivity index (χ1) is 8.76. The number of pyridine rings is 1. The molecule has 2 heterocycles. The van der Waals surface area contributed by atoms with Crippen LogP contribution in [0.2, 0.25) is 0 Å². The molecule has 0 aliphatic carbocycles. The largest absolute Gasteiger partial charge is 0.493 e. The minimum Gasteiger partial charge on any atom is -0.493 e. The Bertz CT molecular complexity index is 731. The smallest absolute Gasteiger partial charge is 0.170 e. The highest BCUT2D eigenvalue weighted by molar-refractivity contribution is 6.02. The van der Waals surface area contributed by atoms with Gasteiger partial charge in [0, 0.05) is 6.20 Å². The van der Waals surface area contributed by atoms with Crippen molar-refractivity contribution in [1.82, 2.24) is 9.38 Å². The van der Waals surface area contributed by atoms with E-state index in [2.05, 4.69) is 11.1 Å². The molecule has 0 aliphatic rings. The normalized spacial score (nSPS) is 11.1. The van der Waals surface area contributed by atoms with E-state index in [4.69, 9.17) is 9.47 Å². The van der Waals surface area contributed by atoms with Crippen LogP contribution in [0.15, 0.2) is 30.6 Å². The van der Waals surface area contributed by atoms with Crippen molar-refractivity contribution >= 4 is 16.3 Å². The average Bonchev–Trinajstić information content (AvgIpc) is 2.79. The molecule has 0 bridgehead atoms. The maximum Gasteiger partial charge on any atom is 0.170 e. The van der Waals surface area contributed by atoms with Crippen molar-refractivity contribution in [3.05, 3.63) is 36.4 Å². The van der Waals surface area contributed by atoms with Gasteiger partial charge in [0.1, 0.15) is 5.82 Å². The molecule has 4 nitrogen and oxygen atoms in total. The monoisotopic (exact) mass is 242 g/mol. The van der Waals surface area contributed by atoms with Crippen LogP contribution in [0.5, 0.6) is 11.5 Å². The van der Waals surface area contributed by atoms with Gasteiger partial charge in [0.15, 0.2) is 11.5 Å². The van der Waals surface area contributed by atoms with E-state index < -0.39 is 0 Å². The van der Waals surface area contributed by atoms with Crippen molar-refractivity contribution in [2.75, 3.05) is 14.2 Å². The van der Waals surface area contributed by atoms with Crippen molar-refractivity contribution in [2.45, 2.75) is 6.92 Å². The van der Waals surface area contributed by atoms with Gasteiger partial charge in [-0.3, -0.25) is 0 Å². The molecular weight excluding hydrogens is 228 g/mol. The molecule has 0 saturated heterocycles. The predicted octanol–water partition coefficient (Wildman–Crippen LogP) is 2.81. The molecule has 0 saturated carbocycles. The molecule has 0 atom stereocenters. The van der Waals surface area contributed by atoms with E-state index in [-0.39, 0.29) is 0 Å². The number of ether oxygens (including phenoxy) is 2. The number of fused-ring (bicyclic) bond motifs is 3. The van der Waals surface area contributed by atoms with Gasteiger partial charge in [-0.25, -0.2) is 4.98 Å². The topological polar surface area (TPSA) is 35.8 Å². The van der Waals surface area contributed by atoms with E-state index in [0.717, 1.165) is 33.6 Å². The summed E-state index contributed by atoms with van der Waals surface area (Å²) in [6.07, 6.45) is 3.88. The second kappa shape index (κ2) is 3.91. The van der Waals surface area contributed by atoms with Crippen LogP contribution >= 0.6 is 0 Å². The van der Waals surface area contributed by atoms with Crippen LogP contribution in [0.1, 0.15) is 5.82 Å². The second-order valence-corrected chi connectivity index (χ2v) is 4.14. The SMILES string of the molecule is COc1ccc2ccn3c(C)ncc3c2c1OC. The van der Waals surface area contributed by atoms with Gasteiger partial charge in [0.2, 0.25) is 0 Å². The number of nitrogens with zero attached hydrogens (tertiary/aromatic N) is 2. The van der Waals surface area contributed by atoms with Crippen LogP contribution in [0.25, 0.3) is 16.3 Å². The Morgan fingerprint density at radius 1 is 1.11 bits per heavy atom. The molecule has 0 fully saturated rings. The Kier molecular flexibility index (Phi) is 2.37. The van der Waals surface area contributed by atoms with Gasteiger partial charge >= 0.3 is 0 Å². The zero-order chi connectivity index (χ0) is 12.7. The van der Waals surface area contributed by atoms with Crippen molar-refractivity contribution in [3.63, 3.8) is 0 Å². The zero-order valence-electron chi connectivity index (χ0n) is 10.6. The van der Waals surface area contributed by atoms with Crippen LogP contribution < -0.4 is 9.47 Å². The van der Waals surface area contributed by atoms with Crippen LogP contribution in [0, 0.1) is 6.92 Å². The highest BCUT2D eigenvalue weighted by Crippen LogP contribution is 2.37. The van der Waals surface area contributed by atoms with Crippen molar-refractivity contribution in [1.29, 1.82) is 0 Å². The molecule has 3 aromatic rings. The fourth-order valence-electron chi connectivity index (χ4n) is 2.33. The lowest BCUT2D eigenvalue weighted by Gasteiger charge is -2.11. The van der Waals surface area contributed by atoms with Gasteiger partial charge in [-0.15, -0.1) is 0 Å². The summed E-state index contributed by atoms with van der Waals surface area (Å²) in [5.41, 5.74) is 1.03. The third-order valence-electron chi connectivity index (χ3n) is 3.22. The maximum absolute atomic E-state index is 5.50. The van der Waals surface area contributed by atoms with Gasteiger partial charge in [-0.2, -0.15) is 0 Å². The van der Waals surface area contributed by atoms with E-state index in [9.17, 15) is 0 Å². The molecule has 0 N–H and O–H groups in total. The number of hydrogen-bond acceptors (Lipinski definition) is 3. The van der Waals surface area contributed by atoms with Gasteiger partial charge in [-0.05, 0) is 24.4 Å². The lowest BCUT2D eigenvalue weighted by atomic mass is 10.1. The average molecular weight is 242 g/mol. The first kappa shape index (κ1) is 10.9. The summed E-state index contributed by atoms with van der Waals surface area (Å²) in [6.45, 7) is 1.98. The zero-order valence-corrected chi connectivity index (χ0v) is 10.6. The lowest BCUT2D eigenvalue weighted by Crippen LogP contribution is -1.94. The summed E-state index contributed by atoms with van der Waals surface area (Å²) < 4.78 is 12.9. The number of benzene rings is 1. The number of methoxy groups -OCH3 is 2. The number of rotatable bonds is 2. The minimum absolute atomic E-state index is 0.733. The Balaban J connectivity index is 2.53. The van der Waals surface area contributed by atoms with Crippen LogP contribution in [0.3, 0.4) is 0 Å². The molecule has 0 unspecified atom stereocenters. The fourth-order valence-corrected chi connectivity index (χ4v) is 2.33. The van der Waals surface area contributed by atoms with Crippen molar-refractivity contribution in [3.8, 4) is 11.5 Å². The number of aromatic nitrogens is 2. The third kappa shape index (κ3) is 1.35. The Morgan fingerprint density at radius 3 is 2.67 bits per heavy atom. The first-order valence-electron chi connectivity index (χ1n) is 5.73. The first-order valence-corrected chi connectivity index (χ1v) is 5.73. The number of aryl methyl sites for hydroxylation is 1. The van der Waals surface area contributed by atoms with Gasteiger partial charge < -0.3 is 13.9 Å². The highest BCUT2D eigenvalue weighted by atomic mass is 16.5. The minimum atomic E-state index is 0.733. The molecule has 0 aliphatic heterocycles. The number of imidazole rings is 1. The molecule has 2 aromatic heterocycles. The van der Waals surface area contributed by atoms with Crippen molar-refractivity contribution in [2.24, 2.45) is 0 Å². The summed E-state index contributed by atoms with van der Waals surface area (Å²) >= 11 is 0. The van der Waals surface area contributed by atoms with E-state index in [1.54, 1.807) is 14.2 Å². The summed E-state index contributed by atoms with van der Waals surface area (Å²) in [5, 5.41) is 2.14. The number of hydrogen-bond donors (Lipinski definition) is 0. The van der Waals surface area contributed by atoms with Crippen LogP contribution in [0.4, 0.5) is 0 Å². The molecule has 0 radical (unpaired) electrons. The fraction of sp³-hybridized carbons (Fsp3) is 0.214. The summed E-state index contributed by atoms with van der Waals surface area (Å²) in [6, 6.07) is 6.00. The van der Waals surface area contributed by atoms with Crippen LogP contribution in [-0.2, 0) is 0 Å². The van der Waals surface area contributed by atoms with Gasteiger partial charge in [0.05, 0.1) is 31.3 Å². The standard InChI is InChI=1S/C14H14N2O2/c1-9-15-8-11-13-10(6-7-16(9)11)4-5-12(17-2)14(13)18-3/h4-8H,1-3H3. The van der Waals surface area contributed by atoms with Crippen LogP contribution in [-0.4, -0.2) is 23.6 Å². The molecule has 1 aromatic carbocycles. The molecule has 3 rings (SSSR count). The molecule has 0 amide bonds. The van der Waals surface area contributed by atoms with E-state index in [1.165, 1.54) is 0 Å². The van der Waals surface area contributed by atoms with E-state index >= 15 is 0 Å². The maximum atomic E-state index is 5.50. The lowest BCUT2D eigenvalue weighted by molar-refractivity contribution is 0.358.